The van der Waals surface area contributed by atoms with Crippen molar-refractivity contribution in [2.75, 3.05) is 6.54 Å². The van der Waals surface area contributed by atoms with Crippen molar-refractivity contribution in [1.82, 2.24) is 4.90 Å². The number of carbonyl (C=O) groups is 1. The van der Waals surface area contributed by atoms with Gasteiger partial charge in [-0.1, -0.05) is 6.07 Å². The molecule has 3 N–H and O–H groups in total. The van der Waals surface area contributed by atoms with Gasteiger partial charge in [0.25, 0.3) is 0 Å². The summed E-state index contributed by atoms with van der Waals surface area (Å²) in [6.45, 7) is 4.07. The SMILES string of the molecule is CC(=N)/C(CC(=O)N1CCc2ccc(Oc3ccc(C(F)(F)F)c(F)c3)cc2C1)=C(/C)N. The van der Waals surface area contributed by atoms with E-state index in [4.69, 9.17) is 15.9 Å². The van der Waals surface area contributed by atoms with E-state index < -0.39 is 17.6 Å². The van der Waals surface area contributed by atoms with Crippen LogP contribution in [-0.2, 0) is 23.9 Å². The fourth-order valence-electron chi connectivity index (χ4n) is 3.57. The van der Waals surface area contributed by atoms with Crippen LogP contribution in [0.4, 0.5) is 17.6 Å². The summed E-state index contributed by atoms with van der Waals surface area (Å²) in [6.07, 6.45) is -4.12. The number of alkyl halides is 3. The van der Waals surface area contributed by atoms with E-state index in [-0.39, 0.29) is 23.8 Å². The zero-order valence-corrected chi connectivity index (χ0v) is 17.6. The Bertz CT molecular complexity index is 1090. The first kappa shape index (κ1) is 23.3. The van der Waals surface area contributed by atoms with E-state index in [0.29, 0.717) is 48.7 Å². The van der Waals surface area contributed by atoms with Crippen LogP contribution < -0.4 is 10.5 Å². The highest BCUT2D eigenvalue weighted by atomic mass is 19.4. The molecule has 0 atom stereocenters. The highest BCUT2D eigenvalue weighted by molar-refractivity contribution is 6.00. The molecule has 1 amide bonds. The number of nitrogens with one attached hydrogen (secondary N) is 1. The second kappa shape index (κ2) is 9.02. The largest absolute Gasteiger partial charge is 0.457 e. The van der Waals surface area contributed by atoms with Gasteiger partial charge in [0, 0.05) is 36.1 Å². The van der Waals surface area contributed by atoms with Gasteiger partial charge in [-0.05, 0) is 55.7 Å². The minimum Gasteiger partial charge on any atom is -0.457 e. The first-order chi connectivity index (χ1) is 15.0. The number of hydrogen-bond acceptors (Lipinski definition) is 4. The van der Waals surface area contributed by atoms with Gasteiger partial charge < -0.3 is 20.8 Å². The number of hydrogen-bond donors (Lipinski definition) is 2. The fourth-order valence-corrected chi connectivity index (χ4v) is 3.57. The number of ether oxygens (including phenoxy) is 1. The molecule has 32 heavy (non-hydrogen) atoms. The molecule has 0 radical (unpaired) electrons. The lowest BCUT2D eigenvalue weighted by Crippen LogP contribution is -2.36. The average molecular weight is 449 g/mol. The van der Waals surface area contributed by atoms with Crippen molar-refractivity contribution in [2.45, 2.75) is 39.4 Å². The summed E-state index contributed by atoms with van der Waals surface area (Å²) in [4.78, 5) is 14.4. The number of rotatable bonds is 5. The third kappa shape index (κ3) is 5.27. The number of nitrogens with zero attached hydrogens (tertiary/aromatic N) is 1. The Kier molecular flexibility index (Phi) is 6.57. The maximum Gasteiger partial charge on any atom is 0.419 e. The van der Waals surface area contributed by atoms with Gasteiger partial charge >= 0.3 is 6.18 Å². The number of fused-ring (bicyclic) bond motifs is 1. The van der Waals surface area contributed by atoms with Gasteiger partial charge in [-0.25, -0.2) is 4.39 Å². The van der Waals surface area contributed by atoms with Crippen molar-refractivity contribution in [3.05, 3.63) is 70.2 Å². The third-order valence-electron chi connectivity index (χ3n) is 5.28. The van der Waals surface area contributed by atoms with E-state index in [1.807, 2.05) is 6.07 Å². The van der Waals surface area contributed by atoms with E-state index in [1.165, 1.54) is 0 Å². The highest BCUT2D eigenvalue weighted by Crippen LogP contribution is 2.34. The Hall–Kier alpha value is -3.36. The molecule has 0 aliphatic carbocycles. The zero-order chi connectivity index (χ0) is 23.6. The quantitative estimate of drug-likeness (QED) is 0.487. The molecule has 1 aliphatic heterocycles. The lowest BCUT2D eigenvalue weighted by molar-refractivity contribution is -0.140. The van der Waals surface area contributed by atoms with Crippen molar-refractivity contribution in [3.63, 3.8) is 0 Å². The number of allylic oxidation sites excluding steroid dienone is 1. The lowest BCUT2D eigenvalue weighted by Gasteiger charge is -2.29. The molecule has 1 aliphatic rings. The van der Waals surface area contributed by atoms with Crippen LogP contribution in [0, 0.1) is 11.2 Å². The van der Waals surface area contributed by atoms with Crippen LogP contribution in [0.5, 0.6) is 11.5 Å². The number of benzene rings is 2. The van der Waals surface area contributed by atoms with Crippen LogP contribution in [0.2, 0.25) is 0 Å². The van der Waals surface area contributed by atoms with Crippen LogP contribution in [0.15, 0.2) is 47.7 Å². The predicted octanol–water partition coefficient (Wildman–Crippen LogP) is 5.18. The van der Waals surface area contributed by atoms with Gasteiger partial charge in [0.1, 0.15) is 17.3 Å². The van der Waals surface area contributed by atoms with Crippen LogP contribution in [0.3, 0.4) is 0 Å². The second-order valence-electron chi connectivity index (χ2n) is 7.70. The Morgan fingerprint density at radius 3 is 2.38 bits per heavy atom. The molecule has 3 rings (SSSR count). The third-order valence-corrected chi connectivity index (χ3v) is 5.28. The molecule has 0 spiro atoms. The minimum atomic E-state index is -4.78. The molecule has 0 saturated carbocycles. The summed E-state index contributed by atoms with van der Waals surface area (Å²) in [5.74, 6) is -1.30. The predicted molar refractivity (Wildman–Crippen MR) is 112 cm³/mol. The van der Waals surface area contributed by atoms with Gasteiger partial charge in [-0.3, -0.25) is 4.79 Å². The topological polar surface area (TPSA) is 79.4 Å². The second-order valence-corrected chi connectivity index (χ2v) is 7.70. The van der Waals surface area contributed by atoms with Crippen LogP contribution in [0.1, 0.15) is 37.0 Å². The molecule has 0 unspecified atom stereocenters. The smallest absolute Gasteiger partial charge is 0.419 e. The van der Waals surface area contributed by atoms with E-state index in [9.17, 15) is 22.4 Å². The number of carbonyl (C=O) groups excluding carboxylic acids is 1. The summed E-state index contributed by atoms with van der Waals surface area (Å²) in [5.41, 5.74) is 7.47. The van der Waals surface area contributed by atoms with Crippen molar-refractivity contribution >= 4 is 11.6 Å². The number of nitrogens with two attached hydrogens (primary N) is 1. The molecule has 0 fully saturated rings. The van der Waals surface area contributed by atoms with Crippen LogP contribution >= 0.6 is 0 Å². The Balaban J connectivity index is 1.75. The first-order valence-corrected chi connectivity index (χ1v) is 9.90. The molecule has 0 saturated heterocycles. The molecule has 0 bridgehead atoms. The summed E-state index contributed by atoms with van der Waals surface area (Å²) in [6, 6.07) is 7.56. The lowest BCUT2D eigenvalue weighted by atomic mass is 9.98. The van der Waals surface area contributed by atoms with Crippen molar-refractivity contribution in [2.24, 2.45) is 5.73 Å². The monoisotopic (exact) mass is 449 g/mol. The Morgan fingerprint density at radius 2 is 1.78 bits per heavy atom. The number of amides is 1. The molecule has 9 heteroatoms. The Labute approximate surface area is 183 Å². The summed E-state index contributed by atoms with van der Waals surface area (Å²) in [7, 11) is 0. The molecule has 2 aromatic carbocycles. The van der Waals surface area contributed by atoms with E-state index in [1.54, 1.807) is 30.9 Å². The first-order valence-electron chi connectivity index (χ1n) is 9.90. The average Bonchev–Trinajstić information content (AvgIpc) is 2.69. The molecule has 1 heterocycles. The molecule has 5 nitrogen and oxygen atoms in total. The summed E-state index contributed by atoms with van der Waals surface area (Å²) < 4.78 is 57.6. The van der Waals surface area contributed by atoms with E-state index >= 15 is 0 Å². The molecule has 170 valence electrons. The molecule has 2 aromatic rings. The van der Waals surface area contributed by atoms with Gasteiger partial charge in [-0.2, -0.15) is 13.2 Å². The summed E-state index contributed by atoms with van der Waals surface area (Å²) in [5, 5.41) is 7.79. The normalized spacial score (nSPS) is 14.5. The maximum atomic E-state index is 13.8. The number of halogens is 4. The van der Waals surface area contributed by atoms with Gasteiger partial charge in [0.15, 0.2) is 0 Å². The Morgan fingerprint density at radius 1 is 1.12 bits per heavy atom. The standard InChI is InChI=1S/C23H23F4N3O2/c1-13(28)19(14(2)29)11-22(31)30-8-7-15-3-4-17(9-16(15)12-30)32-18-5-6-20(21(24)10-18)23(25,26)27/h3-6,9-10,28H,7-8,11-12,29H2,1-2H3/b19-14-,28-13?. The van der Waals surface area contributed by atoms with Crippen molar-refractivity contribution in [3.8, 4) is 11.5 Å². The van der Waals surface area contributed by atoms with Crippen molar-refractivity contribution < 1.29 is 27.1 Å². The minimum absolute atomic E-state index is 0.0357. The van der Waals surface area contributed by atoms with Gasteiger partial charge in [0.05, 0.1) is 12.0 Å². The van der Waals surface area contributed by atoms with E-state index in [0.717, 1.165) is 17.2 Å². The zero-order valence-electron chi connectivity index (χ0n) is 17.6. The van der Waals surface area contributed by atoms with Crippen molar-refractivity contribution in [1.29, 1.82) is 5.41 Å². The molecule has 0 aromatic heterocycles. The maximum absolute atomic E-state index is 13.8. The summed E-state index contributed by atoms with van der Waals surface area (Å²) >= 11 is 0. The molecular weight excluding hydrogens is 426 g/mol. The van der Waals surface area contributed by atoms with Crippen LogP contribution in [0.25, 0.3) is 0 Å². The van der Waals surface area contributed by atoms with E-state index in [2.05, 4.69) is 0 Å². The van der Waals surface area contributed by atoms with Gasteiger partial charge in [0.2, 0.25) is 5.91 Å². The van der Waals surface area contributed by atoms with Gasteiger partial charge in [-0.15, -0.1) is 0 Å². The fraction of sp³-hybridized carbons (Fsp3) is 0.304. The van der Waals surface area contributed by atoms with Crippen LogP contribution in [-0.4, -0.2) is 23.1 Å². The highest BCUT2D eigenvalue weighted by Gasteiger charge is 2.34. The molecular formula is C23H23F4N3O2.